The van der Waals surface area contributed by atoms with Crippen molar-refractivity contribution in [2.75, 3.05) is 0 Å². The maximum absolute atomic E-state index is 15.8. The van der Waals surface area contributed by atoms with Crippen LogP contribution in [0.2, 0.25) is 0 Å². The lowest BCUT2D eigenvalue weighted by Gasteiger charge is -2.30. The summed E-state index contributed by atoms with van der Waals surface area (Å²) in [7, 11) is 0. The number of allylic oxidation sites excluding steroid dienone is 3. The zero-order valence-electron chi connectivity index (χ0n) is 20.7. The summed E-state index contributed by atoms with van der Waals surface area (Å²) >= 11 is 0. The zero-order chi connectivity index (χ0) is 26.1. The van der Waals surface area contributed by atoms with E-state index in [0.29, 0.717) is 52.2 Å². The monoisotopic (exact) mass is 496 g/mol. The molecule has 0 saturated carbocycles. The lowest BCUT2D eigenvalue weighted by molar-refractivity contribution is -0.361. The molecule has 0 saturated heterocycles. The number of benzene rings is 1. The minimum atomic E-state index is -4.12. The predicted octanol–water partition coefficient (Wildman–Crippen LogP) is 5.17. The van der Waals surface area contributed by atoms with Crippen LogP contribution in [0, 0.1) is 25.7 Å². The van der Waals surface area contributed by atoms with E-state index in [1.807, 2.05) is 13.0 Å². The van der Waals surface area contributed by atoms with Gasteiger partial charge in [0, 0.05) is 59.7 Å². The Balaban J connectivity index is 1.44. The first-order valence-corrected chi connectivity index (χ1v) is 12.2. The van der Waals surface area contributed by atoms with Gasteiger partial charge in [-0.25, -0.2) is 4.79 Å². The molecule has 0 unspecified atom stereocenters. The first-order valence-electron chi connectivity index (χ1n) is 12.2. The Morgan fingerprint density at radius 3 is 2.70 bits per heavy atom. The molecule has 184 valence electrons. The third-order valence-corrected chi connectivity index (χ3v) is 7.23. The highest BCUT2D eigenvalue weighted by molar-refractivity contribution is 6.58. The van der Waals surface area contributed by atoms with Crippen molar-refractivity contribution in [1.29, 1.82) is 0 Å². The highest BCUT2D eigenvalue weighted by Gasteiger charge is 2.53. The van der Waals surface area contributed by atoms with Crippen LogP contribution in [-0.2, 0) is 11.2 Å². The minimum Gasteiger partial charge on any atom is -0.422 e. The molecule has 5 nitrogen and oxygen atoms in total. The van der Waals surface area contributed by atoms with Gasteiger partial charge in [-0.2, -0.15) is 0 Å². The van der Waals surface area contributed by atoms with Crippen LogP contribution in [0.5, 0.6) is 0 Å². The number of carbonyl (C=O) groups is 1. The highest BCUT2D eigenvalue weighted by atomic mass is 19.2. The molecule has 37 heavy (non-hydrogen) atoms. The smallest absolute Gasteiger partial charge is 0.422 e. The Morgan fingerprint density at radius 2 is 1.89 bits per heavy atom. The van der Waals surface area contributed by atoms with Gasteiger partial charge in [0.15, 0.2) is 11.4 Å². The van der Waals surface area contributed by atoms with Crippen molar-refractivity contribution in [3.8, 4) is 11.8 Å². The molecular formula is C29H23BF2N2O3. The molecule has 0 fully saturated rings. The van der Waals surface area contributed by atoms with Crippen molar-refractivity contribution in [3.63, 3.8) is 0 Å². The second-order valence-electron chi connectivity index (χ2n) is 9.85. The van der Waals surface area contributed by atoms with E-state index in [2.05, 4.69) is 11.8 Å². The number of rotatable bonds is 2. The number of ketones is 1. The van der Waals surface area contributed by atoms with Crippen LogP contribution in [0.3, 0.4) is 0 Å². The fourth-order valence-corrected chi connectivity index (χ4v) is 5.47. The minimum absolute atomic E-state index is 0.108. The Hall–Kier alpha value is -4.25. The second-order valence-corrected chi connectivity index (χ2v) is 9.85. The molecule has 0 amide bonds. The Bertz CT molecular complexity index is 1810. The Morgan fingerprint density at radius 1 is 1.08 bits per heavy atom. The standard InChI is InChI=1S/C29H23BF2N2O3/c1-17-10-19(3)33-26(17)16-27-18(2)11-24(34(27)30(33,31)32)9-8-21-12-23-13-22-14-25(35)7-5-4-6-20(22)15-28(23)37-29(21)36/h8-13,15-16H,5,7,14H2,1-3H3. The third kappa shape index (κ3) is 3.65. The van der Waals surface area contributed by atoms with Crippen LogP contribution in [0.4, 0.5) is 8.63 Å². The quantitative estimate of drug-likeness (QED) is 0.280. The van der Waals surface area contributed by atoms with Crippen LogP contribution in [0.25, 0.3) is 23.1 Å². The lowest BCUT2D eigenvalue weighted by atomic mass is 9.89. The zero-order valence-corrected chi connectivity index (χ0v) is 20.7. The molecule has 1 aliphatic carbocycles. The third-order valence-electron chi connectivity index (χ3n) is 7.23. The van der Waals surface area contributed by atoms with Gasteiger partial charge in [-0.05, 0) is 67.9 Å². The molecule has 3 aliphatic rings. The van der Waals surface area contributed by atoms with E-state index in [4.69, 9.17) is 4.42 Å². The van der Waals surface area contributed by atoms with Gasteiger partial charge in [0.25, 0.3) is 0 Å². The summed E-state index contributed by atoms with van der Waals surface area (Å²) in [4.78, 5) is 24.9. The summed E-state index contributed by atoms with van der Waals surface area (Å²) in [6.45, 7) is 1.19. The molecule has 1 aromatic carbocycles. The van der Waals surface area contributed by atoms with Crippen LogP contribution in [-0.4, -0.2) is 27.4 Å². The first kappa shape index (κ1) is 23.2. The number of hydrogen-bond acceptors (Lipinski definition) is 3. The molecule has 0 atom stereocenters. The normalized spacial score (nSPS) is 18.0. The van der Waals surface area contributed by atoms with Crippen LogP contribution in [0.15, 0.2) is 56.9 Å². The number of Topliss-reactive ketones (excluding diaryl/α,β-unsaturated/α-hetero) is 1. The fourth-order valence-electron chi connectivity index (χ4n) is 5.47. The summed E-state index contributed by atoms with van der Waals surface area (Å²) in [5, 5.41) is 0.646. The van der Waals surface area contributed by atoms with Gasteiger partial charge < -0.3 is 22.0 Å². The summed E-state index contributed by atoms with van der Waals surface area (Å²) in [5.74, 6) is 6.14. The molecule has 8 heteroatoms. The van der Waals surface area contributed by atoms with Crippen molar-refractivity contribution in [2.24, 2.45) is 0 Å². The molecule has 2 aromatic heterocycles. The molecular weight excluding hydrogens is 473 g/mol. The molecule has 4 heterocycles. The largest absolute Gasteiger partial charge is 0.737 e. The van der Waals surface area contributed by atoms with Gasteiger partial charge in [0.05, 0.1) is 5.56 Å². The van der Waals surface area contributed by atoms with Gasteiger partial charge in [-0.15, -0.1) is 0 Å². The van der Waals surface area contributed by atoms with Gasteiger partial charge in [-0.3, -0.25) is 4.79 Å². The van der Waals surface area contributed by atoms with E-state index < -0.39 is 12.6 Å². The number of halogens is 2. The Kier molecular flexibility index (Phi) is 5.10. The summed E-state index contributed by atoms with van der Waals surface area (Å²) in [6, 6.07) is 6.93. The van der Waals surface area contributed by atoms with Crippen molar-refractivity contribution in [1.82, 2.24) is 4.48 Å². The summed E-state index contributed by atoms with van der Waals surface area (Å²) in [6.07, 6.45) is 7.71. The van der Waals surface area contributed by atoms with Gasteiger partial charge in [0.2, 0.25) is 0 Å². The second kappa shape index (κ2) is 8.14. The topological polar surface area (TPSA) is 55.2 Å². The van der Waals surface area contributed by atoms with E-state index in [9.17, 15) is 9.59 Å². The average molecular weight is 496 g/mol. The molecule has 2 aliphatic heterocycles. The fraction of sp³-hybridized carbons (Fsp3) is 0.207. The molecule has 0 bridgehead atoms. The lowest BCUT2D eigenvalue weighted by Crippen LogP contribution is -2.50. The van der Waals surface area contributed by atoms with Crippen LogP contribution < -0.4 is 5.63 Å². The van der Waals surface area contributed by atoms with E-state index >= 15 is 8.63 Å². The van der Waals surface area contributed by atoms with Gasteiger partial charge in [-0.1, -0.05) is 11.8 Å². The number of carbonyl (C=O) groups excluding carboxylic acids is 1. The number of hydrogen-bond donors (Lipinski definition) is 0. The van der Waals surface area contributed by atoms with Gasteiger partial charge in [0.1, 0.15) is 11.4 Å². The number of fused-ring (bicyclic) bond motifs is 4. The van der Waals surface area contributed by atoms with E-state index in [-0.39, 0.29) is 17.8 Å². The van der Waals surface area contributed by atoms with Crippen LogP contribution >= 0.6 is 0 Å². The number of nitrogens with zero attached hydrogens (tertiary/aromatic N) is 2. The summed E-state index contributed by atoms with van der Waals surface area (Å²) < 4.78 is 39.3. The summed E-state index contributed by atoms with van der Waals surface area (Å²) in [5.41, 5.74) is 4.77. The van der Waals surface area contributed by atoms with Crippen LogP contribution in [0.1, 0.15) is 53.4 Å². The van der Waals surface area contributed by atoms with Crippen molar-refractivity contribution < 1.29 is 22.3 Å². The maximum atomic E-state index is 15.8. The number of aromatic nitrogens is 1. The average Bonchev–Trinajstić information content (AvgIpc) is 3.30. The Labute approximate surface area is 212 Å². The molecule has 6 rings (SSSR count). The van der Waals surface area contributed by atoms with Crippen molar-refractivity contribution in [3.05, 3.63) is 91.7 Å². The van der Waals surface area contributed by atoms with E-state index in [1.54, 1.807) is 44.2 Å². The van der Waals surface area contributed by atoms with Crippen molar-refractivity contribution >= 4 is 41.6 Å². The SMILES string of the molecule is CC1=CC(C=Cc2cc3cc4c(cc3oc2=O)C#CCCC(=O)C4)=[N+]2C1=Cc1c(C)cc(C)n1[B-]2(F)F. The van der Waals surface area contributed by atoms with Crippen molar-refractivity contribution in [2.45, 2.75) is 40.0 Å². The molecule has 0 radical (unpaired) electrons. The molecule has 0 spiro atoms. The first-order chi connectivity index (χ1) is 17.6. The maximum Gasteiger partial charge on any atom is 0.737 e. The molecule has 0 N–H and O–H groups in total. The van der Waals surface area contributed by atoms with E-state index in [1.165, 1.54) is 12.2 Å². The number of aryl methyl sites for hydroxylation is 2. The molecule has 3 aromatic rings. The van der Waals surface area contributed by atoms with E-state index in [0.717, 1.165) is 25.7 Å². The highest BCUT2D eigenvalue weighted by Crippen LogP contribution is 2.37. The predicted molar refractivity (Wildman–Crippen MR) is 141 cm³/mol. The van der Waals surface area contributed by atoms with Gasteiger partial charge >= 0.3 is 12.6 Å².